The van der Waals surface area contributed by atoms with Crippen LogP contribution in [0.4, 0.5) is 0 Å². The highest BCUT2D eigenvalue weighted by Crippen LogP contribution is 2.23. The van der Waals surface area contributed by atoms with Crippen molar-refractivity contribution in [3.05, 3.63) is 33.3 Å². The fourth-order valence-electron chi connectivity index (χ4n) is 1.82. The summed E-state index contributed by atoms with van der Waals surface area (Å²) in [5.41, 5.74) is 3.75. The maximum absolute atomic E-state index is 10.8. The van der Waals surface area contributed by atoms with Crippen LogP contribution in [0.25, 0.3) is 0 Å². The summed E-state index contributed by atoms with van der Waals surface area (Å²) >= 11 is 3.54. The summed E-state index contributed by atoms with van der Waals surface area (Å²) < 4.78 is 27.4. The number of hydrogen-bond donors (Lipinski definition) is 0. The molecule has 102 valence electrons. The molecular weight excluding hydrogens is 316 g/mol. The quantitative estimate of drug-likeness (QED) is 0.591. The molecule has 3 nitrogen and oxygen atoms in total. The van der Waals surface area contributed by atoms with E-state index in [9.17, 15) is 8.42 Å². The van der Waals surface area contributed by atoms with Gasteiger partial charge in [0.25, 0.3) is 10.1 Å². The zero-order chi connectivity index (χ0) is 13.8. The molecule has 18 heavy (non-hydrogen) atoms. The third kappa shape index (κ3) is 5.50. The highest BCUT2D eigenvalue weighted by molar-refractivity contribution is 9.10. The average molecular weight is 335 g/mol. The van der Waals surface area contributed by atoms with Gasteiger partial charge in [-0.25, -0.2) is 0 Å². The molecule has 1 rings (SSSR count). The van der Waals surface area contributed by atoms with Crippen LogP contribution in [0.1, 0.15) is 29.5 Å². The number of halogens is 1. The fourth-order valence-corrected chi connectivity index (χ4v) is 2.47. The Hall–Kier alpha value is -0.390. The van der Waals surface area contributed by atoms with Gasteiger partial charge in [0.2, 0.25) is 0 Å². The fraction of sp³-hybridized carbons (Fsp3) is 0.538. The Morgan fingerprint density at radius 1 is 1.17 bits per heavy atom. The zero-order valence-electron chi connectivity index (χ0n) is 11.0. The molecule has 0 atom stereocenters. The van der Waals surface area contributed by atoms with E-state index in [-0.39, 0.29) is 6.61 Å². The largest absolute Gasteiger partial charge is 0.270 e. The van der Waals surface area contributed by atoms with Crippen LogP contribution in [0.5, 0.6) is 0 Å². The average Bonchev–Trinajstić information content (AvgIpc) is 2.23. The lowest BCUT2D eigenvalue weighted by Crippen LogP contribution is -2.04. The second kappa shape index (κ2) is 6.68. The predicted molar refractivity (Wildman–Crippen MR) is 77.3 cm³/mol. The smallest absolute Gasteiger partial charge is 0.264 e. The first-order valence-corrected chi connectivity index (χ1v) is 8.50. The molecule has 0 saturated heterocycles. The molecule has 0 bridgehead atoms. The van der Waals surface area contributed by atoms with Crippen LogP contribution in [0.15, 0.2) is 16.6 Å². The van der Waals surface area contributed by atoms with E-state index < -0.39 is 10.1 Å². The van der Waals surface area contributed by atoms with Gasteiger partial charge in [0.05, 0.1) is 12.9 Å². The first kappa shape index (κ1) is 15.7. The van der Waals surface area contributed by atoms with Crippen molar-refractivity contribution in [2.75, 3.05) is 12.9 Å². The predicted octanol–water partition coefficient (Wildman–Crippen LogP) is 3.36. The van der Waals surface area contributed by atoms with Crippen LogP contribution in [0, 0.1) is 13.8 Å². The van der Waals surface area contributed by atoms with Crippen molar-refractivity contribution < 1.29 is 12.6 Å². The molecule has 0 N–H and O–H groups in total. The van der Waals surface area contributed by atoms with Gasteiger partial charge in [-0.05, 0) is 49.8 Å². The van der Waals surface area contributed by atoms with Gasteiger partial charge in [0.15, 0.2) is 0 Å². The van der Waals surface area contributed by atoms with Gasteiger partial charge >= 0.3 is 0 Å². The molecular formula is C13H19BrO3S. The van der Waals surface area contributed by atoms with Gasteiger partial charge in [0.1, 0.15) is 0 Å². The monoisotopic (exact) mass is 334 g/mol. The Bertz CT molecular complexity index is 486. The summed E-state index contributed by atoms with van der Waals surface area (Å²) in [6.45, 7) is 4.42. The maximum Gasteiger partial charge on any atom is 0.264 e. The Morgan fingerprint density at radius 3 is 2.22 bits per heavy atom. The Kier molecular flexibility index (Phi) is 5.82. The highest BCUT2D eigenvalue weighted by Gasteiger charge is 2.03. The molecule has 0 spiro atoms. The molecule has 0 aliphatic heterocycles. The Labute approximate surface area is 118 Å². The summed E-state index contributed by atoms with van der Waals surface area (Å²) in [7, 11) is -3.29. The minimum Gasteiger partial charge on any atom is -0.270 e. The van der Waals surface area contributed by atoms with Crippen LogP contribution in [-0.4, -0.2) is 21.3 Å². The second-order valence-corrected chi connectivity index (χ2v) is 6.96. The van der Waals surface area contributed by atoms with Crippen molar-refractivity contribution in [3.8, 4) is 0 Å². The zero-order valence-corrected chi connectivity index (χ0v) is 13.4. The molecule has 0 heterocycles. The maximum atomic E-state index is 10.8. The van der Waals surface area contributed by atoms with Crippen molar-refractivity contribution in [1.29, 1.82) is 0 Å². The summed E-state index contributed by atoms with van der Waals surface area (Å²) in [6.07, 6.45) is 3.70. The van der Waals surface area contributed by atoms with E-state index in [1.807, 2.05) is 0 Å². The standard InChI is InChI=1S/C13H19BrO3S/c1-10-8-12(9-11(2)13(10)14)6-4-5-7-17-18(3,15)16/h8-9H,4-7H2,1-3H3. The Balaban J connectivity index is 2.41. The molecule has 1 aromatic rings. The van der Waals surface area contributed by atoms with Crippen molar-refractivity contribution in [3.63, 3.8) is 0 Å². The van der Waals surface area contributed by atoms with Crippen LogP contribution >= 0.6 is 15.9 Å². The van der Waals surface area contributed by atoms with Gasteiger partial charge in [-0.15, -0.1) is 0 Å². The number of unbranched alkanes of at least 4 members (excludes halogenated alkanes) is 1. The molecule has 0 amide bonds. The van der Waals surface area contributed by atoms with E-state index >= 15 is 0 Å². The van der Waals surface area contributed by atoms with Crippen molar-refractivity contribution >= 4 is 26.0 Å². The third-order valence-corrected chi connectivity index (χ3v) is 4.50. The third-order valence-electron chi connectivity index (χ3n) is 2.65. The normalized spacial score (nSPS) is 11.8. The molecule has 1 aromatic carbocycles. The minimum atomic E-state index is -3.29. The lowest BCUT2D eigenvalue weighted by molar-refractivity contribution is 0.312. The van der Waals surface area contributed by atoms with Crippen molar-refractivity contribution in [1.82, 2.24) is 0 Å². The second-order valence-electron chi connectivity index (χ2n) is 4.53. The number of benzene rings is 1. The summed E-state index contributed by atoms with van der Waals surface area (Å²) in [6, 6.07) is 4.32. The van der Waals surface area contributed by atoms with Crippen molar-refractivity contribution in [2.24, 2.45) is 0 Å². The number of hydrogen-bond acceptors (Lipinski definition) is 3. The molecule has 0 aliphatic carbocycles. The van der Waals surface area contributed by atoms with Crippen LogP contribution in [-0.2, 0) is 20.7 Å². The lowest BCUT2D eigenvalue weighted by atomic mass is 10.0. The molecule has 0 saturated carbocycles. The van der Waals surface area contributed by atoms with E-state index in [1.54, 1.807) is 0 Å². The Morgan fingerprint density at radius 2 is 1.72 bits per heavy atom. The van der Waals surface area contributed by atoms with Gasteiger partial charge in [-0.2, -0.15) is 8.42 Å². The summed E-state index contributed by atoms with van der Waals surface area (Å²) in [5, 5.41) is 0. The summed E-state index contributed by atoms with van der Waals surface area (Å²) in [5.74, 6) is 0. The molecule has 0 radical (unpaired) electrons. The topological polar surface area (TPSA) is 43.4 Å². The highest BCUT2D eigenvalue weighted by atomic mass is 79.9. The van der Waals surface area contributed by atoms with E-state index in [0.717, 1.165) is 30.0 Å². The van der Waals surface area contributed by atoms with E-state index in [1.165, 1.54) is 16.7 Å². The van der Waals surface area contributed by atoms with Crippen molar-refractivity contribution in [2.45, 2.75) is 33.1 Å². The first-order valence-electron chi connectivity index (χ1n) is 5.89. The molecule has 0 aliphatic rings. The summed E-state index contributed by atoms with van der Waals surface area (Å²) in [4.78, 5) is 0. The van der Waals surface area contributed by atoms with Crippen LogP contribution in [0.2, 0.25) is 0 Å². The lowest BCUT2D eigenvalue weighted by Gasteiger charge is -2.08. The SMILES string of the molecule is Cc1cc(CCCCOS(C)(=O)=O)cc(C)c1Br. The van der Waals surface area contributed by atoms with E-state index in [0.29, 0.717) is 0 Å². The van der Waals surface area contributed by atoms with Gasteiger partial charge < -0.3 is 0 Å². The van der Waals surface area contributed by atoms with Crippen LogP contribution in [0.3, 0.4) is 0 Å². The number of rotatable bonds is 6. The first-order chi connectivity index (χ1) is 8.29. The molecule has 0 aromatic heterocycles. The molecule has 0 fully saturated rings. The van der Waals surface area contributed by atoms with E-state index in [4.69, 9.17) is 4.18 Å². The number of aryl methyl sites for hydroxylation is 3. The van der Waals surface area contributed by atoms with Crippen LogP contribution < -0.4 is 0 Å². The minimum absolute atomic E-state index is 0.271. The van der Waals surface area contributed by atoms with Gasteiger partial charge in [-0.1, -0.05) is 28.1 Å². The molecule has 0 unspecified atom stereocenters. The van der Waals surface area contributed by atoms with Gasteiger partial charge in [-0.3, -0.25) is 4.18 Å². The van der Waals surface area contributed by atoms with Gasteiger partial charge in [0, 0.05) is 4.47 Å². The van der Waals surface area contributed by atoms with E-state index in [2.05, 4.69) is 41.9 Å². The molecule has 5 heteroatoms.